The Balaban J connectivity index is 2.44. The number of para-hydroxylation sites is 1. The molecular weight excluding hydrogens is 362 g/mol. The predicted octanol–water partition coefficient (Wildman–Crippen LogP) is 3.94. The SMILES string of the molecule is C=C/C=C(/OC)C(=C)NN(C)N(N=C1CCNCC1)c1c(CC)cccc1CC. The third-order valence-electron chi connectivity index (χ3n) is 4.95. The van der Waals surface area contributed by atoms with Crippen molar-refractivity contribution in [2.45, 2.75) is 39.5 Å². The summed E-state index contributed by atoms with van der Waals surface area (Å²) in [7, 11) is 3.57. The van der Waals surface area contributed by atoms with Crippen molar-refractivity contribution in [3.8, 4) is 0 Å². The van der Waals surface area contributed by atoms with Crippen LogP contribution in [-0.4, -0.2) is 38.1 Å². The zero-order valence-corrected chi connectivity index (χ0v) is 18.3. The fourth-order valence-electron chi connectivity index (χ4n) is 3.39. The number of hydrogen-bond acceptors (Lipinski definition) is 6. The molecule has 0 unspecified atom stereocenters. The summed E-state index contributed by atoms with van der Waals surface area (Å²) in [5.41, 5.74) is 8.77. The standard InChI is InChI=1S/C23H35N5O/c1-7-11-22(29-6)18(4)25-27(5)28(26-21-14-16-24-17-15-21)23-19(8-2)12-10-13-20(23)9-3/h7,10-13,24-25H,1,4,8-9,14-17H2,2-3,5-6H3/b22-11+. The molecule has 6 heteroatoms. The Labute approximate surface area is 175 Å². The number of methoxy groups -OCH3 is 1. The van der Waals surface area contributed by atoms with Crippen molar-refractivity contribution in [1.82, 2.24) is 15.9 Å². The van der Waals surface area contributed by atoms with E-state index in [1.165, 1.54) is 16.8 Å². The lowest BCUT2D eigenvalue weighted by atomic mass is 10.0. The molecule has 1 heterocycles. The highest BCUT2D eigenvalue weighted by Gasteiger charge is 2.21. The van der Waals surface area contributed by atoms with E-state index in [-0.39, 0.29) is 0 Å². The lowest BCUT2D eigenvalue weighted by Gasteiger charge is -2.34. The minimum absolute atomic E-state index is 0.626. The molecule has 2 N–H and O–H groups in total. The molecule has 0 amide bonds. The second-order valence-electron chi connectivity index (χ2n) is 6.92. The van der Waals surface area contributed by atoms with Crippen LogP contribution in [0.2, 0.25) is 0 Å². The van der Waals surface area contributed by atoms with Gasteiger partial charge in [-0.15, -0.1) is 5.12 Å². The van der Waals surface area contributed by atoms with Gasteiger partial charge in [-0.2, -0.15) is 10.2 Å². The van der Waals surface area contributed by atoms with Crippen LogP contribution in [0, 0.1) is 0 Å². The zero-order valence-electron chi connectivity index (χ0n) is 18.3. The molecule has 2 rings (SSSR count). The van der Waals surface area contributed by atoms with Gasteiger partial charge in [0.05, 0.1) is 18.5 Å². The van der Waals surface area contributed by atoms with Gasteiger partial charge in [0.15, 0.2) is 0 Å². The first-order valence-electron chi connectivity index (χ1n) is 10.3. The summed E-state index contributed by atoms with van der Waals surface area (Å²) in [6.45, 7) is 14.1. The molecule has 1 aromatic rings. The number of hydrazone groups is 1. The number of hydrogen-bond donors (Lipinski definition) is 2. The first-order chi connectivity index (χ1) is 14.0. The van der Waals surface area contributed by atoms with Crippen molar-refractivity contribution >= 4 is 11.4 Å². The normalized spacial score (nSPS) is 14.5. The summed E-state index contributed by atoms with van der Waals surface area (Å²) >= 11 is 0. The topological polar surface area (TPSA) is 52.1 Å². The van der Waals surface area contributed by atoms with Crippen molar-refractivity contribution in [1.29, 1.82) is 0 Å². The van der Waals surface area contributed by atoms with Crippen molar-refractivity contribution < 1.29 is 4.74 Å². The van der Waals surface area contributed by atoms with E-state index in [9.17, 15) is 0 Å². The molecule has 1 aromatic carbocycles. The molecule has 1 aliphatic rings. The maximum atomic E-state index is 5.42. The van der Waals surface area contributed by atoms with Gasteiger partial charge in [0.2, 0.25) is 0 Å². The van der Waals surface area contributed by atoms with Crippen LogP contribution >= 0.6 is 0 Å². The molecular formula is C23H35N5O. The van der Waals surface area contributed by atoms with Crippen LogP contribution in [0.1, 0.15) is 37.8 Å². The molecule has 0 aromatic heterocycles. The van der Waals surface area contributed by atoms with Gasteiger partial charge in [0.25, 0.3) is 0 Å². The zero-order chi connectivity index (χ0) is 21.2. The summed E-state index contributed by atoms with van der Waals surface area (Å²) in [4.78, 5) is 0. The Kier molecular flexibility index (Phi) is 8.96. The van der Waals surface area contributed by atoms with Crippen LogP contribution < -0.4 is 15.9 Å². The third kappa shape index (κ3) is 5.95. The molecule has 1 aliphatic heterocycles. The molecule has 1 saturated heterocycles. The van der Waals surface area contributed by atoms with E-state index < -0.39 is 0 Å². The molecule has 6 nitrogen and oxygen atoms in total. The van der Waals surface area contributed by atoms with Gasteiger partial charge in [-0.05, 0) is 30.0 Å². The number of ether oxygens (including phenoxy) is 1. The smallest absolute Gasteiger partial charge is 0.142 e. The Morgan fingerprint density at radius 3 is 2.38 bits per heavy atom. The Bertz CT molecular complexity index is 738. The summed E-state index contributed by atoms with van der Waals surface area (Å²) in [6.07, 6.45) is 7.21. The molecule has 0 aliphatic carbocycles. The summed E-state index contributed by atoms with van der Waals surface area (Å²) in [6, 6.07) is 6.47. The number of hydrazine groups is 2. The number of nitrogens with one attached hydrogen (secondary N) is 2. The van der Waals surface area contributed by atoms with Crippen LogP contribution in [0.3, 0.4) is 0 Å². The summed E-state index contributed by atoms with van der Waals surface area (Å²) < 4.78 is 5.42. The minimum atomic E-state index is 0.626. The van der Waals surface area contributed by atoms with Gasteiger partial charge in [-0.1, -0.05) is 51.3 Å². The maximum Gasteiger partial charge on any atom is 0.142 e. The lowest BCUT2D eigenvalue weighted by molar-refractivity contribution is 0.221. The van der Waals surface area contributed by atoms with E-state index in [1.807, 2.05) is 17.3 Å². The quantitative estimate of drug-likeness (QED) is 0.356. The molecule has 158 valence electrons. The largest absolute Gasteiger partial charge is 0.495 e. The Hall–Kier alpha value is -2.57. The number of benzene rings is 1. The van der Waals surface area contributed by atoms with Crippen molar-refractivity contribution in [3.63, 3.8) is 0 Å². The fourth-order valence-corrected chi connectivity index (χ4v) is 3.39. The van der Waals surface area contributed by atoms with E-state index in [4.69, 9.17) is 9.84 Å². The molecule has 29 heavy (non-hydrogen) atoms. The summed E-state index contributed by atoms with van der Waals surface area (Å²) in [5, 5.41) is 12.3. The van der Waals surface area contributed by atoms with Crippen molar-refractivity contribution in [3.05, 3.63) is 66.1 Å². The molecule has 0 saturated carbocycles. The second-order valence-corrected chi connectivity index (χ2v) is 6.92. The predicted molar refractivity (Wildman–Crippen MR) is 123 cm³/mol. The number of piperidine rings is 1. The van der Waals surface area contributed by atoms with Gasteiger partial charge < -0.3 is 10.1 Å². The summed E-state index contributed by atoms with van der Waals surface area (Å²) in [5.74, 6) is 0.626. The van der Waals surface area contributed by atoms with E-state index in [1.54, 1.807) is 19.3 Å². The number of nitrogens with zero attached hydrogens (tertiary/aromatic N) is 3. The van der Waals surface area contributed by atoms with Crippen LogP contribution in [0.15, 0.2) is 60.1 Å². The van der Waals surface area contributed by atoms with Crippen LogP contribution in [0.5, 0.6) is 0 Å². The first-order valence-corrected chi connectivity index (χ1v) is 10.3. The highest BCUT2D eigenvalue weighted by molar-refractivity contribution is 5.86. The van der Waals surface area contributed by atoms with Crippen molar-refractivity contribution in [2.75, 3.05) is 32.4 Å². The number of rotatable bonds is 10. The fraction of sp³-hybridized carbons (Fsp3) is 0.435. The minimum Gasteiger partial charge on any atom is -0.495 e. The molecule has 0 radical (unpaired) electrons. The van der Waals surface area contributed by atoms with Crippen molar-refractivity contribution in [2.24, 2.45) is 5.10 Å². The van der Waals surface area contributed by atoms with Gasteiger partial charge in [-0.3, -0.25) is 5.43 Å². The second kappa shape index (κ2) is 11.4. The third-order valence-corrected chi connectivity index (χ3v) is 4.95. The van der Waals surface area contributed by atoms with Crippen LogP contribution in [0.4, 0.5) is 5.69 Å². The van der Waals surface area contributed by atoms with Gasteiger partial charge >= 0.3 is 0 Å². The number of allylic oxidation sites excluding steroid dienone is 2. The van der Waals surface area contributed by atoms with Crippen LogP contribution in [-0.2, 0) is 17.6 Å². The molecule has 0 spiro atoms. The van der Waals surface area contributed by atoms with E-state index in [0.717, 1.165) is 44.5 Å². The lowest BCUT2D eigenvalue weighted by Crippen LogP contribution is -2.47. The van der Waals surface area contributed by atoms with Gasteiger partial charge in [0, 0.05) is 38.7 Å². The van der Waals surface area contributed by atoms with Crippen LogP contribution in [0.25, 0.3) is 0 Å². The highest BCUT2D eigenvalue weighted by atomic mass is 16.5. The average Bonchev–Trinajstić information content (AvgIpc) is 2.75. The van der Waals surface area contributed by atoms with E-state index in [2.05, 4.69) is 55.9 Å². The van der Waals surface area contributed by atoms with E-state index in [0.29, 0.717) is 11.5 Å². The molecule has 0 bridgehead atoms. The maximum absolute atomic E-state index is 5.42. The molecule has 0 atom stereocenters. The first kappa shape index (κ1) is 22.7. The Morgan fingerprint density at radius 2 is 1.86 bits per heavy atom. The monoisotopic (exact) mass is 397 g/mol. The highest BCUT2D eigenvalue weighted by Crippen LogP contribution is 2.28. The Morgan fingerprint density at radius 1 is 1.24 bits per heavy atom. The number of anilines is 1. The van der Waals surface area contributed by atoms with Gasteiger partial charge in [-0.25, -0.2) is 0 Å². The molecule has 1 fully saturated rings. The average molecular weight is 398 g/mol. The van der Waals surface area contributed by atoms with E-state index >= 15 is 0 Å². The van der Waals surface area contributed by atoms with Gasteiger partial charge in [0.1, 0.15) is 5.76 Å². The number of aryl methyl sites for hydroxylation is 2.